The molecular formula is C15H17NO2. The van der Waals surface area contributed by atoms with Gasteiger partial charge in [-0.05, 0) is 24.5 Å². The van der Waals surface area contributed by atoms with Gasteiger partial charge in [-0.3, -0.25) is 0 Å². The number of aromatic amines is 1. The number of rotatable bonds is 3. The van der Waals surface area contributed by atoms with Crippen LogP contribution in [0.4, 0.5) is 0 Å². The molecule has 1 heterocycles. The first-order valence-electron chi connectivity index (χ1n) is 6.03. The van der Waals surface area contributed by atoms with Crippen LogP contribution < -0.4 is 0 Å². The number of aromatic nitrogens is 1. The number of fused-ring (bicyclic) bond motifs is 1. The number of allylic oxidation sites excluding steroid dienone is 1. The van der Waals surface area contributed by atoms with Gasteiger partial charge in [0.05, 0.1) is 0 Å². The molecule has 0 unspecified atom stereocenters. The van der Waals surface area contributed by atoms with E-state index in [1.54, 1.807) is 0 Å². The molecule has 0 fully saturated rings. The standard InChI is InChI=1S/C15H17NO2/c1-9(2)12(8-14(17)18)15-10(3)16-13-7-5-4-6-11(13)15/h4-9,16H,1-3H3,(H,17,18)/b12-8+. The zero-order chi connectivity index (χ0) is 13.3. The Hall–Kier alpha value is -2.03. The van der Waals surface area contributed by atoms with Gasteiger partial charge in [0.15, 0.2) is 0 Å². The Labute approximate surface area is 106 Å². The van der Waals surface area contributed by atoms with Gasteiger partial charge in [0.1, 0.15) is 0 Å². The van der Waals surface area contributed by atoms with Crippen molar-refractivity contribution >= 4 is 22.4 Å². The van der Waals surface area contributed by atoms with Gasteiger partial charge in [-0.1, -0.05) is 32.0 Å². The number of carboxylic acid groups (broad SMARTS) is 1. The number of benzene rings is 1. The van der Waals surface area contributed by atoms with E-state index in [1.807, 2.05) is 45.0 Å². The van der Waals surface area contributed by atoms with Crippen LogP contribution in [0.2, 0.25) is 0 Å². The summed E-state index contributed by atoms with van der Waals surface area (Å²) in [6.07, 6.45) is 1.31. The van der Waals surface area contributed by atoms with Crippen molar-refractivity contribution in [2.45, 2.75) is 20.8 Å². The quantitative estimate of drug-likeness (QED) is 0.809. The minimum absolute atomic E-state index is 0.166. The zero-order valence-corrected chi connectivity index (χ0v) is 10.8. The molecule has 0 aliphatic carbocycles. The number of para-hydroxylation sites is 1. The van der Waals surface area contributed by atoms with Crippen molar-refractivity contribution in [3.8, 4) is 0 Å². The van der Waals surface area contributed by atoms with Crippen molar-refractivity contribution in [1.29, 1.82) is 0 Å². The third kappa shape index (κ3) is 2.16. The Bertz CT molecular complexity index is 620. The molecule has 0 bridgehead atoms. The van der Waals surface area contributed by atoms with Gasteiger partial charge in [0.25, 0.3) is 0 Å². The van der Waals surface area contributed by atoms with Crippen LogP contribution in [0.25, 0.3) is 16.5 Å². The normalized spacial score (nSPS) is 12.3. The second-order valence-corrected chi connectivity index (χ2v) is 4.76. The lowest BCUT2D eigenvalue weighted by Gasteiger charge is -2.11. The van der Waals surface area contributed by atoms with Gasteiger partial charge in [-0.2, -0.15) is 0 Å². The molecule has 0 radical (unpaired) electrons. The van der Waals surface area contributed by atoms with E-state index in [9.17, 15) is 4.79 Å². The van der Waals surface area contributed by atoms with Crippen LogP contribution in [0.5, 0.6) is 0 Å². The molecule has 2 rings (SSSR count). The molecular weight excluding hydrogens is 226 g/mol. The van der Waals surface area contributed by atoms with E-state index < -0.39 is 5.97 Å². The summed E-state index contributed by atoms with van der Waals surface area (Å²) in [7, 11) is 0. The van der Waals surface area contributed by atoms with E-state index in [0.717, 1.165) is 27.7 Å². The summed E-state index contributed by atoms with van der Waals surface area (Å²) in [5.74, 6) is -0.734. The highest BCUT2D eigenvalue weighted by Gasteiger charge is 2.16. The molecule has 2 aromatic rings. The summed E-state index contributed by atoms with van der Waals surface area (Å²) in [4.78, 5) is 14.3. The Morgan fingerprint density at radius 2 is 2.00 bits per heavy atom. The van der Waals surface area contributed by atoms with Crippen LogP contribution in [0.15, 0.2) is 30.3 Å². The van der Waals surface area contributed by atoms with Crippen molar-refractivity contribution in [3.05, 3.63) is 41.6 Å². The van der Waals surface area contributed by atoms with Gasteiger partial charge in [0.2, 0.25) is 0 Å². The highest BCUT2D eigenvalue weighted by Crippen LogP contribution is 2.32. The second kappa shape index (κ2) is 4.69. The number of aliphatic carboxylic acids is 1. The fourth-order valence-electron chi connectivity index (χ4n) is 2.31. The predicted octanol–water partition coefficient (Wildman–Crippen LogP) is 3.60. The number of H-pyrrole nitrogens is 1. The molecule has 3 heteroatoms. The first-order chi connectivity index (χ1) is 8.50. The van der Waals surface area contributed by atoms with Crippen LogP contribution in [-0.2, 0) is 4.79 Å². The van der Waals surface area contributed by atoms with E-state index in [1.165, 1.54) is 6.08 Å². The smallest absolute Gasteiger partial charge is 0.328 e. The highest BCUT2D eigenvalue weighted by atomic mass is 16.4. The summed E-state index contributed by atoms with van der Waals surface area (Å²) in [6, 6.07) is 7.96. The molecule has 0 aliphatic rings. The Morgan fingerprint density at radius 3 is 2.61 bits per heavy atom. The number of hydrogen-bond donors (Lipinski definition) is 2. The van der Waals surface area contributed by atoms with Gasteiger partial charge >= 0.3 is 5.97 Å². The maximum absolute atomic E-state index is 11.0. The lowest BCUT2D eigenvalue weighted by Crippen LogP contribution is -1.99. The van der Waals surface area contributed by atoms with Crippen LogP contribution in [0.1, 0.15) is 25.1 Å². The molecule has 0 amide bonds. The lowest BCUT2D eigenvalue weighted by atomic mass is 9.93. The fraction of sp³-hybridized carbons (Fsp3) is 0.267. The SMILES string of the molecule is Cc1[nH]c2ccccc2c1/C(=C/C(=O)O)C(C)C. The minimum atomic E-state index is -0.900. The molecule has 2 N–H and O–H groups in total. The molecule has 0 spiro atoms. The summed E-state index contributed by atoms with van der Waals surface area (Å²) >= 11 is 0. The fourth-order valence-corrected chi connectivity index (χ4v) is 2.31. The highest BCUT2D eigenvalue weighted by molar-refractivity contribution is 5.99. The van der Waals surface area contributed by atoms with Crippen LogP contribution in [0, 0.1) is 12.8 Å². The second-order valence-electron chi connectivity index (χ2n) is 4.76. The monoisotopic (exact) mass is 243 g/mol. The molecule has 0 saturated carbocycles. The summed E-state index contributed by atoms with van der Waals surface area (Å²) in [6.45, 7) is 6.00. The predicted molar refractivity (Wildman–Crippen MR) is 73.5 cm³/mol. The van der Waals surface area contributed by atoms with Crippen molar-refractivity contribution in [3.63, 3.8) is 0 Å². The maximum Gasteiger partial charge on any atom is 0.328 e. The average Bonchev–Trinajstić information content (AvgIpc) is 2.61. The molecule has 0 saturated heterocycles. The Kier molecular flexibility index (Phi) is 3.24. The van der Waals surface area contributed by atoms with Gasteiger partial charge in [0, 0.05) is 28.2 Å². The van der Waals surface area contributed by atoms with Crippen molar-refractivity contribution in [1.82, 2.24) is 4.98 Å². The Morgan fingerprint density at radius 1 is 1.33 bits per heavy atom. The van der Waals surface area contributed by atoms with E-state index in [2.05, 4.69) is 4.98 Å². The molecule has 0 atom stereocenters. The topological polar surface area (TPSA) is 53.1 Å². The summed E-state index contributed by atoms with van der Waals surface area (Å²) < 4.78 is 0. The molecule has 1 aromatic carbocycles. The maximum atomic E-state index is 11.0. The van der Waals surface area contributed by atoms with Crippen LogP contribution in [0.3, 0.4) is 0 Å². The van der Waals surface area contributed by atoms with Crippen molar-refractivity contribution < 1.29 is 9.90 Å². The third-order valence-corrected chi connectivity index (χ3v) is 3.08. The lowest BCUT2D eigenvalue weighted by molar-refractivity contribution is -0.131. The van der Waals surface area contributed by atoms with Crippen molar-refractivity contribution in [2.75, 3.05) is 0 Å². The molecule has 1 aromatic heterocycles. The van der Waals surface area contributed by atoms with Crippen molar-refractivity contribution in [2.24, 2.45) is 5.92 Å². The van der Waals surface area contributed by atoms with Gasteiger partial charge in [-0.15, -0.1) is 0 Å². The molecule has 0 aliphatic heterocycles. The van der Waals surface area contributed by atoms with Gasteiger partial charge < -0.3 is 10.1 Å². The van der Waals surface area contributed by atoms with E-state index in [0.29, 0.717) is 0 Å². The first kappa shape index (κ1) is 12.4. The number of aryl methyl sites for hydroxylation is 1. The number of carboxylic acids is 1. The summed E-state index contributed by atoms with van der Waals surface area (Å²) in [5.41, 5.74) is 3.93. The first-order valence-corrected chi connectivity index (χ1v) is 6.03. The van der Waals surface area contributed by atoms with E-state index in [-0.39, 0.29) is 5.92 Å². The average molecular weight is 243 g/mol. The Balaban J connectivity index is 2.72. The number of nitrogens with one attached hydrogen (secondary N) is 1. The van der Waals surface area contributed by atoms with E-state index in [4.69, 9.17) is 5.11 Å². The zero-order valence-electron chi connectivity index (χ0n) is 10.8. The molecule has 18 heavy (non-hydrogen) atoms. The number of hydrogen-bond acceptors (Lipinski definition) is 1. The van der Waals surface area contributed by atoms with Crippen LogP contribution >= 0.6 is 0 Å². The molecule has 94 valence electrons. The third-order valence-electron chi connectivity index (χ3n) is 3.08. The summed E-state index contributed by atoms with van der Waals surface area (Å²) in [5, 5.41) is 10.1. The van der Waals surface area contributed by atoms with E-state index >= 15 is 0 Å². The van der Waals surface area contributed by atoms with Gasteiger partial charge in [-0.25, -0.2) is 4.79 Å². The largest absolute Gasteiger partial charge is 0.478 e. The van der Waals surface area contributed by atoms with Crippen LogP contribution in [-0.4, -0.2) is 16.1 Å². The molecule has 3 nitrogen and oxygen atoms in total. The number of carbonyl (C=O) groups is 1. The minimum Gasteiger partial charge on any atom is -0.478 e.